The molecule has 0 amide bonds. The Morgan fingerprint density at radius 2 is 2.19 bits per heavy atom. The van der Waals surface area contributed by atoms with Gasteiger partial charge in [-0.2, -0.15) is 5.26 Å². The summed E-state index contributed by atoms with van der Waals surface area (Å²) in [6, 6.07) is 11.5. The second-order valence-electron chi connectivity index (χ2n) is 5.34. The van der Waals surface area contributed by atoms with Crippen LogP contribution in [0, 0.1) is 17.2 Å². The molecule has 1 aliphatic heterocycles. The van der Waals surface area contributed by atoms with Crippen molar-refractivity contribution in [1.29, 1.82) is 5.26 Å². The van der Waals surface area contributed by atoms with E-state index in [0.29, 0.717) is 24.3 Å². The van der Waals surface area contributed by atoms with E-state index in [1.54, 1.807) is 6.07 Å². The molecular formula is C15H15N3O2S. The molecule has 1 aromatic heterocycles. The average Bonchev–Trinajstić information content (AvgIpc) is 2.83. The molecule has 1 N–H and O–H groups in total. The Morgan fingerprint density at radius 3 is 2.90 bits per heavy atom. The van der Waals surface area contributed by atoms with Crippen LogP contribution >= 0.6 is 0 Å². The van der Waals surface area contributed by atoms with Gasteiger partial charge in [0.05, 0.1) is 22.6 Å². The van der Waals surface area contributed by atoms with E-state index >= 15 is 0 Å². The van der Waals surface area contributed by atoms with Gasteiger partial charge in [0.25, 0.3) is 0 Å². The number of nitrogens with one attached hydrogen (secondary N) is 1. The van der Waals surface area contributed by atoms with Gasteiger partial charge in [0.2, 0.25) is 0 Å². The molecule has 0 bridgehead atoms. The minimum absolute atomic E-state index is 0.0924. The molecule has 2 aromatic rings. The van der Waals surface area contributed by atoms with Gasteiger partial charge in [-0.1, -0.05) is 18.2 Å². The van der Waals surface area contributed by atoms with Crippen molar-refractivity contribution in [2.24, 2.45) is 5.92 Å². The average molecular weight is 301 g/mol. The lowest BCUT2D eigenvalue weighted by molar-refractivity contribution is 0.595. The number of nitrogens with zero attached hydrogens (tertiary/aromatic N) is 2. The number of rotatable bonds is 3. The van der Waals surface area contributed by atoms with Gasteiger partial charge >= 0.3 is 0 Å². The molecule has 6 heteroatoms. The molecule has 21 heavy (non-hydrogen) atoms. The van der Waals surface area contributed by atoms with Crippen LogP contribution in [-0.4, -0.2) is 31.5 Å². The number of pyridine rings is 1. The second kappa shape index (κ2) is 5.34. The van der Waals surface area contributed by atoms with Crippen LogP contribution in [0.15, 0.2) is 30.3 Å². The van der Waals surface area contributed by atoms with Crippen LogP contribution in [0.4, 0.5) is 5.82 Å². The van der Waals surface area contributed by atoms with Gasteiger partial charge in [-0.15, -0.1) is 0 Å². The molecule has 1 atom stereocenters. The van der Waals surface area contributed by atoms with Crippen molar-refractivity contribution in [1.82, 2.24) is 4.98 Å². The molecule has 1 unspecified atom stereocenters. The first-order chi connectivity index (χ1) is 10.1. The van der Waals surface area contributed by atoms with Crippen molar-refractivity contribution in [3.8, 4) is 6.07 Å². The maximum atomic E-state index is 11.5. The lowest BCUT2D eigenvalue weighted by atomic mass is 10.1. The first-order valence-corrected chi connectivity index (χ1v) is 8.64. The van der Waals surface area contributed by atoms with Crippen molar-refractivity contribution >= 4 is 26.6 Å². The molecule has 5 nitrogen and oxygen atoms in total. The lowest BCUT2D eigenvalue weighted by Crippen LogP contribution is -2.17. The molecule has 0 radical (unpaired) electrons. The zero-order valence-corrected chi connectivity index (χ0v) is 12.2. The Morgan fingerprint density at radius 1 is 1.38 bits per heavy atom. The van der Waals surface area contributed by atoms with Crippen LogP contribution in [0.5, 0.6) is 0 Å². The third kappa shape index (κ3) is 2.98. The zero-order chi connectivity index (χ0) is 14.9. The topological polar surface area (TPSA) is 82.8 Å². The highest BCUT2D eigenvalue weighted by Gasteiger charge is 2.27. The maximum Gasteiger partial charge on any atom is 0.150 e. The number of fused-ring (bicyclic) bond motifs is 1. The Bertz CT molecular complexity index is 824. The summed E-state index contributed by atoms with van der Waals surface area (Å²) in [6.07, 6.45) is 0.671. The Balaban J connectivity index is 1.82. The van der Waals surface area contributed by atoms with Crippen LogP contribution in [0.1, 0.15) is 12.0 Å². The van der Waals surface area contributed by atoms with Gasteiger partial charge in [-0.25, -0.2) is 13.4 Å². The summed E-state index contributed by atoms with van der Waals surface area (Å²) in [6.45, 7) is 0.527. The van der Waals surface area contributed by atoms with E-state index in [1.165, 1.54) is 0 Å². The van der Waals surface area contributed by atoms with Crippen LogP contribution in [-0.2, 0) is 9.84 Å². The normalized spacial score (nSPS) is 20.2. The molecule has 1 fully saturated rings. The van der Waals surface area contributed by atoms with Gasteiger partial charge in [-0.05, 0) is 24.5 Å². The highest BCUT2D eigenvalue weighted by Crippen LogP contribution is 2.22. The van der Waals surface area contributed by atoms with E-state index in [9.17, 15) is 13.7 Å². The first kappa shape index (κ1) is 13.8. The third-order valence-electron chi connectivity index (χ3n) is 3.73. The largest absolute Gasteiger partial charge is 0.369 e. The predicted octanol–water partition coefficient (Wildman–Crippen LogP) is 1.95. The summed E-state index contributed by atoms with van der Waals surface area (Å²) in [7, 11) is -2.88. The number of hydrogen-bond acceptors (Lipinski definition) is 5. The van der Waals surface area contributed by atoms with E-state index in [0.717, 1.165) is 10.9 Å². The highest BCUT2D eigenvalue weighted by atomic mass is 32.2. The Kier molecular flexibility index (Phi) is 3.52. The quantitative estimate of drug-likeness (QED) is 0.937. The van der Waals surface area contributed by atoms with E-state index in [1.807, 2.05) is 24.3 Å². The van der Waals surface area contributed by atoms with Gasteiger partial charge in [0, 0.05) is 11.9 Å². The summed E-state index contributed by atoms with van der Waals surface area (Å²) in [5.41, 5.74) is 1.30. The van der Waals surface area contributed by atoms with E-state index in [4.69, 9.17) is 0 Å². The predicted molar refractivity (Wildman–Crippen MR) is 81.7 cm³/mol. The Hall–Kier alpha value is -2.13. The van der Waals surface area contributed by atoms with Gasteiger partial charge in [0.1, 0.15) is 11.9 Å². The van der Waals surface area contributed by atoms with Crippen molar-refractivity contribution < 1.29 is 8.42 Å². The third-order valence-corrected chi connectivity index (χ3v) is 5.57. The number of nitriles is 1. The standard InChI is InChI=1S/C15H15N3O2S/c16-8-13-7-12-3-1-2-4-14(12)18-15(13)17-9-11-5-6-21(19,20)10-11/h1-4,7,11H,5-6,9-10H2,(H,17,18). The molecule has 108 valence electrons. The maximum absolute atomic E-state index is 11.5. The fourth-order valence-corrected chi connectivity index (χ4v) is 4.47. The molecule has 0 saturated carbocycles. The van der Waals surface area contributed by atoms with E-state index in [-0.39, 0.29) is 17.4 Å². The van der Waals surface area contributed by atoms with Crippen LogP contribution in [0.3, 0.4) is 0 Å². The summed E-state index contributed by atoms with van der Waals surface area (Å²) in [5.74, 6) is 1.10. The van der Waals surface area contributed by atoms with E-state index < -0.39 is 9.84 Å². The number of aromatic nitrogens is 1. The van der Waals surface area contributed by atoms with Crippen LogP contribution in [0.2, 0.25) is 0 Å². The summed E-state index contributed by atoms with van der Waals surface area (Å²) in [5, 5.41) is 13.3. The molecule has 1 aliphatic rings. The van der Waals surface area contributed by atoms with Crippen molar-refractivity contribution in [3.63, 3.8) is 0 Å². The molecular weight excluding hydrogens is 286 g/mol. The molecule has 2 heterocycles. The molecule has 0 aliphatic carbocycles. The second-order valence-corrected chi connectivity index (χ2v) is 7.57. The van der Waals surface area contributed by atoms with E-state index in [2.05, 4.69) is 16.4 Å². The lowest BCUT2D eigenvalue weighted by Gasteiger charge is -2.12. The highest BCUT2D eigenvalue weighted by molar-refractivity contribution is 7.91. The zero-order valence-electron chi connectivity index (χ0n) is 11.4. The smallest absolute Gasteiger partial charge is 0.150 e. The van der Waals surface area contributed by atoms with Gasteiger partial charge < -0.3 is 5.32 Å². The van der Waals surface area contributed by atoms with Crippen molar-refractivity contribution in [3.05, 3.63) is 35.9 Å². The number of hydrogen-bond donors (Lipinski definition) is 1. The number of sulfone groups is 1. The summed E-state index contributed by atoms with van der Waals surface area (Å²) in [4.78, 5) is 4.46. The molecule has 3 rings (SSSR count). The van der Waals surface area contributed by atoms with Crippen molar-refractivity contribution in [2.75, 3.05) is 23.4 Å². The monoisotopic (exact) mass is 301 g/mol. The minimum atomic E-state index is -2.88. The van der Waals surface area contributed by atoms with Crippen LogP contribution < -0.4 is 5.32 Å². The number of anilines is 1. The Labute approximate surface area is 123 Å². The molecule has 0 spiro atoms. The van der Waals surface area contributed by atoms with Gasteiger partial charge in [0.15, 0.2) is 9.84 Å². The fourth-order valence-electron chi connectivity index (χ4n) is 2.61. The number of para-hydroxylation sites is 1. The fraction of sp³-hybridized carbons (Fsp3) is 0.333. The molecule has 1 aromatic carbocycles. The molecule has 1 saturated heterocycles. The van der Waals surface area contributed by atoms with Crippen molar-refractivity contribution in [2.45, 2.75) is 6.42 Å². The first-order valence-electron chi connectivity index (χ1n) is 6.81. The minimum Gasteiger partial charge on any atom is -0.369 e. The summed E-state index contributed by atoms with van der Waals surface area (Å²) >= 11 is 0. The van der Waals surface area contributed by atoms with Gasteiger partial charge in [-0.3, -0.25) is 0 Å². The van der Waals surface area contributed by atoms with Crippen LogP contribution in [0.25, 0.3) is 10.9 Å². The summed E-state index contributed by atoms with van der Waals surface area (Å²) < 4.78 is 22.9. The number of benzene rings is 1. The SMILES string of the molecule is N#Cc1cc2ccccc2nc1NCC1CCS(=O)(=O)C1.